The summed E-state index contributed by atoms with van der Waals surface area (Å²) in [4.78, 5) is 0. The standard InChI is InChI=1S/C14H22N2/c1-2-16-9-6-12(10-16)13-14(11-15-13)7-4-3-5-8-14/h6,9-10,13,15H,2-5,7-8,11H2,1H3. The zero-order valence-electron chi connectivity index (χ0n) is 10.2. The molecule has 0 aromatic carbocycles. The van der Waals surface area contributed by atoms with Crippen molar-refractivity contribution < 1.29 is 0 Å². The van der Waals surface area contributed by atoms with Gasteiger partial charge in [0.05, 0.1) is 0 Å². The zero-order valence-corrected chi connectivity index (χ0v) is 10.2. The first-order valence-corrected chi connectivity index (χ1v) is 6.73. The Bertz CT molecular complexity index is 361. The summed E-state index contributed by atoms with van der Waals surface area (Å²) in [6.07, 6.45) is 11.7. The highest BCUT2D eigenvalue weighted by molar-refractivity contribution is 5.23. The van der Waals surface area contributed by atoms with E-state index in [0.29, 0.717) is 11.5 Å². The average molecular weight is 218 g/mol. The molecule has 1 aromatic rings. The van der Waals surface area contributed by atoms with Crippen molar-refractivity contribution in [2.75, 3.05) is 6.54 Å². The van der Waals surface area contributed by atoms with E-state index in [1.54, 1.807) is 0 Å². The Balaban J connectivity index is 1.79. The number of nitrogens with one attached hydrogen (secondary N) is 1. The summed E-state index contributed by atoms with van der Waals surface area (Å²) >= 11 is 0. The van der Waals surface area contributed by atoms with E-state index in [1.807, 2.05) is 0 Å². The summed E-state index contributed by atoms with van der Waals surface area (Å²) in [7, 11) is 0. The van der Waals surface area contributed by atoms with Crippen LogP contribution in [0.1, 0.15) is 50.6 Å². The van der Waals surface area contributed by atoms with Gasteiger partial charge in [-0.05, 0) is 31.4 Å². The van der Waals surface area contributed by atoms with Crippen molar-refractivity contribution in [2.24, 2.45) is 5.41 Å². The van der Waals surface area contributed by atoms with Crippen molar-refractivity contribution in [1.29, 1.82) is 0 Å². The van der Waals surface area contributed by atoms with E-state index in [-0.39, 0.29) is 0 Å². The topological polar surface area (TPSA) is 17.0 Å². The van der Waals surface area contributed by atoms with E-state index < -0.39 is 0 Å². The van der Waals surface area contributed by atoms with Gasteiger partial charge in [0, 0.05) is 36.9 Å². The predicted octanol–water partition coefficient (Wildman–Crippen LogP) is 3.10. The Hall–Kier alpha value is -0.760. The number of nitrogens with zero attached hydrogens (tertiary/aromatic N) is 1. The van der Waals surface area contributed by atoms with E-state index in [2.05, 4.69) is 35.3 Å². The van der Waals surface area contributed by atoms with Crippen LogP contribution in [-0.4, -0.2) is 11.1 Å². The lowest BCUT2D eigenvalue weighted by Gasteiger charge is -2.53. The van der Waals surface area contributed by atoms with E-state index in [4.69, 9.17) is 0 Å². The van der Waals surface area contributed by atoms with E-state index in [0.717, 1.165) is 6.54 Å². The lowest BCUT2D eigenvalue weighted by atomic mass is 9.63. The maximum absolute atomic E-state index is 3.65. The van der Waals surface area contributed by atoms with Crippen LogP contribution in [-0.2, 0) is 6.54 Å². The van der Waals surface area contributed by atoms with Gasteiger partial charge >= 0.3 is 0 Å². The van der Waals surface area contributed by atoms with Gasteiger partial charge in [-0.25, -0.2) is 0 Å². The third kappa shape index (κ3) is 1.51. The smallest absolute Gasteiger partial charge is 0.0404 e. The monoisotopic (exact) mass is 218 g/mol. The molecule has 1 N–H and O–H groups in total. The molecule has 1 unspecified atom stereocenters. The predicted molar refractivity (Wildman–Crippen MR) is 66.4 cm³/mol. The first kappa shape index (κ1) is 10.4. The normalized spacial score (nSPS) is 27.9. The number of rotatable bonds is 2. The molecule has 1 atom stereocenters. The van der Waals surface area contributed by atoms with Crippen LogP contribution in [0.3, 0.4) is 0 Å². The van der Waals surface area contributed by atoms with Gasteiger partial charge in [-0.1, -0.05) is 19.3 Å². The van der Waals surface area contributed by atoms with E-state index in [1.165, 1.54) is 44.2 Å². The van der Waals surface area contributed by atoms with Crippen molar-refractivity contribution in [2.45, 2.75) is 51.6 Å². The molecule has 16 heavy (non-hydrogen) atoms. The summed E-state index contributed by atoms with van der Waals surface area (Å²) in [6, 6.07) is 2.94. The minimum Gasteiger partial charge on any atom is -0.354 e. The highest BCUT2D eigenvalue weighted by atomic mass is 15.1. The second kappa shape index (κ2) is 3.92. The number of aryl methyl sites for hydroxylation is 1. The Morgan fingerprint density at radius 3 is 2.75 bits per heavy atom. The molecular weight excluding hydrogens is 196 g/mol. The average Bonchev–Trinajstić information content (AvgIpc) is 2.77. The fourth-order valence-electron chi connectivity index (χ4n) is 3.51. The van der Waals surface area contributed by atoms with Crippen molar-refractivity contribution in [3.05, 3.63) is 24.0 Å². The molecule has 1 saturated heterocycles. The van der Waals surface area contributed by atoms with Crippen molar-refractivity contribution in [1.82, 2.24) is 9.88 Å². The molecule has 2 nitrogen and oxygen atoms in total. The maximum atomic E-state index is 3.65. The summed E-state index contributed by atoms with van der Waals surface area (Å²) in [5, 5.41) is 3.65. The molecule has 0 radical (unpaired) electrons. The molecule has 88 valence electrons. The quantitative estimate of drug-likeness (QED) is 0.807. The molecule has 2 heteroatoms. The van der Waals surface area contributed by atoms with Crippen LogP contribution in [0.4, 0.5) is 0 Å². The largest absolute Gasteiger partial charge is 0.354 e. The number of hydrogen-bond donors (Lipinski definition) is 1. The highest BCUT2D eigenvalue weighted by Crippen LogP contribution is 2.51. The van der Waals surface area contributed by atoms with E-state index >= 15 is 0 Å². The fourth-order valence-corrected chi connectivity index (χ4v) is 3.51. The molecule has 0 amide bonds. The zero-order chi connectivity index (χ0) is 11.0. The molecule has 1 aromatic heterocycles. The summed E-state index contributed by atoms with van der Waals surface area (Å²) < 4.78 is 2.28. The fraction of sp³-hybridized carbons (Fsp3) is 0.714. The molecule has 2 heterocycles. The van der Waals surface area contributed by atoms with Crippen LogP contribution in [0.25, 0.3) is 0 Å². The van der Waals surface area contributed by atoms with E-state index in [9.17, 15) is 0 Å². The number of aromatic nitrogens is 1. The lowest BCUT2D eigenvalue weighted by molar-refractivity contribution is 0.0361. The lowest BCUT2D eigenvalue weighted by Crippen LogP contribution is -2.56. The Morgan fingerprint density at radius 2 is 2.19 bits per heavy atom. The van der Waals surface area contributed by atoms with Crippen LogP contribution in [0.5, 0.6) is 0 Å². The first-order valence-electron chi connectivity index (χ1n) is 6.73. The molecule has 1 aliphatic carbocycles. The second-order valence-electron chi connectivity index (χ2n) is 5.51. The van der Waals surface area contributed by atoms with Crippen LogP contribution in [0.2, 0.25) is 0 Å². The third-order valence-electron chi connectivity index (χ3n) is 4.59. The van der Waals surface area contributed by atoms with Gasteiger partial charge in [-0.2, -0.15) is 0 Å². The summed E-state index contributed by atoms with van der Waals surface area (Å²) in [5.74, 6) is 0. The Kier molecular flexibility index (Phi) is 2.55. The molecule has 2 aliphatic rings. The van der Waals surface area contributed by atoms with Crippen LogP contribution in [0.15, 0.2) is 18.5 Å². The van der Waals surface area contributed by atoms with Gasteiger partial charge in [0.1, 0.15) is 0 Å². The van der Waals surface area contributed by atoms with Crippen molar-refractivity contribution >= 4 is 0 Å². The van der Waals surface area contributed by atoms with Crippen LogP contribution in [0, 0.1) is 5.41 Å². The van der Waals surface area contributed by atoms with Crippen LogP contribution < -0.4 is 5.32 Å². The maximum Gasteiger partial charge on any atom is 0.0404 e. The van der Waals surface area contributed by atoms with Gasteiger partial charge in [0.15, 0.2) is 0 Å². The first-order chi connectivity index (χ1) is 7.84. The Labute approximate surface area is 98.0 Å². The van der Waals surface area contributed by atoms with Crippen LogP contribution >= 0.6 is 0 Å². The summed E-state index contributed by atoms with van der Waals surface area (Å²) in [6.45, 7) is 4.53. The minimum atomic E-state index is 0.609. The van der Waals surface area contributed by atoms with Gasteiger partial charge in [0.25, 0.3) is 0 Å². The highest BCUT2D eigenvalue weighted by Gasteiger charge is 2.47. The molecule has 1 aliphatic heterocycles. The number of hydrogen-bond acceptors (Lipinski definition) is 1. The van der Waals surface area contributed by atoms with Gasteiger partial charge in [0.2, 0.25) is 0 Å². The third-order valence-corrected chi connectivity index (χ3v) is 4.59. The Morgan fingerprint density at radius 1 is 1.38 bits per heavy atom. The SMILES string of the molecule is CCn1ccc(C2NCC23CCCCC3)c1. The van der Waals surface area contributed by atoms with Crippen molar-refractivity contribution in [3.63, 3.8) is 0 Å². The summed E-state index contributed by atoms with van der Waals surface area (Å²) in [5.41, 5.74) is 2.12. The second-order valence-corrected chi connectivity index (χ2v) is 5.51. The molecule has 1 saturated carbocycles. The molecule has 2 fully saturated rings. The van der Waals surface area contributed by atoms with Gasteiger partial charge in [-0.15, -0.1) is 0 Å². The molecule has 3 rings (SSSR count). The molecule has 1 spiro atoms. The van der Waals surface area contributed by atoms with Gasteiger partial charge in [-0.3, -0.25) is 0 Å². The van der Waals surface area contributed by atoms with Crippen molar-refractivity contribution in [3.8, 4) is 0 Å². The molecule has 0 bridgehead atoms. The molecular formula is C14H22N2. The van der Waals surface area contributed by atoms with Gasteiger partial charge < -0.3 is 9.88 Å². The minimum absolute atomic E-state index is 0.609.